The molecule has 30 heavy (non-hydrogen) atoms. The molecule has 1 fully saturated rings. The minimum Gasteiger partial charge on any atom is -0.349 e. The summed E-state index contributed by atoms with van der Waals surface area (Å²) < 4.78 is 2.05. The van der Waals surface area contributed by atoms with Gasteiger partial charge in [-0.15, -0.1) is 11.3 Å². The quantitative estimate of drug-likeness (QED) is 0.675. The average Bonchev–Trinajstić information content (AvgIpc) is 3.51. The maximum absolute atomic E-state index is 12.7. The second-order valence-electron chi connectivity index (χ2n) is 7.84. The highest BCUT2D eigenvalue weighted by Gasteiger charge is 2.23. The Morgan fingerprint density at radius 2 is 1.80 bits per heavy atom. The molecule has 1 aromatic heterocycles. The van der Waals surface area contributed by atoms with E-state index < -0.39 is 0 Å². The molecule has 0 spiro atoms. The number of hydrogen-bond donors (Lipinski definition) is 1. The Bertz CT molecular complexity index is 1170. The summed E-state index contributed by atoms with van der Waals surface area (Å²) in [6, 6.07) is 15.4. The highest BCUT2D eigenvalue weighted by atomic mass is 32.1. The van der Waals surface area contributed by atoms with Crippen LogP contribution in [0, 0.1) is 20.8 Å². The molecule has 0 radical (unpaired) electrons. The van der Waals surface area contributed by atoms with Gasteiger partial charge < -0.3 is 9.88 Å². The van der Waals surface area contributed by atoms with E-state index in [4.69, 9.17) is 0 Å². The van der Waals surface area contributed by atoms with Crippen LogP contribution in [0.2, 0.25) is 0 Å². The van der Waals surface area contributed by atoms with Crippen LogP contribution >= 0.6 is 11.3 Å². The van der Waals surface area contributed by atoms with Crippen molar-refractivity contribution in [3.63, 3.8) is 0 Å². The van der Waals surface area contributed by atoms with Crippen molar-refractivity contribution in [1.29, 1.82) is 0 Å². The van der Waals surface area contributed by atoms with Crippen LogP contribution in [-0.4, -0.2) is 22.4 Å². The highest BCUT2D eigenvalue weighted by molar-refractivity contribution is 7.09. The molecule has 1 saturated carbocycles. The smallest absolute Gasteiger partial charge is 0.279 e. The van der Waals surface area contributed by atoms with Crippen LogP contribution < -0.4 is 10.1 Å². The standard InChI is InChI=1S/C24H25N3O2S/c1-15-7-9-19(10-8-15)22(28)26-24-27(16(2)17(3)30-24)14-18-5-4-6-20(13-18)23(29)25-21-11-12-21/h4-10,13,21H,11-12,14H2,1-3H3,(H,25,29). The van der Waals surface area contributed by atoms with Crippen LogP contribution in [0.3, 0.4) is 0 Å². The van der Waals surface area contributed by atoms with Gasteiger partial charge in [0, 0.05) is 27.7 Å². The fourth-order valence-corrected chi connectivity index (χ4v) is 4.18. The van der Waals surface area contributed by atoms with E-state index in [1.807, 2.05) is 61.7 Å². The molecule has 2 aromatic carbocycles. The van der Waals surface area contributed by atoms with Gasteiger partial charge in [-0.1, -0.05) is 29.8 Å². The number of amides is 2. The molecule has 4 rings (SSSR count). The molecule has 1 aliphatic rings. The first-order chi connectivity index (χ1) is 14.4. The zero-order valence-corrected chi connectivity index (χ0v) is 18.3. The number of thiazole rings is 1. The largest absolute Gasteiger partial charge is 0.349 e. The molecule has 3 aromatic rings. The van der Waals surface area contributed by atoms with Crippen molar-refractivity contribution in [2.75, 3.05) is 0 Å². The molecule has 154 valence electrons. The van der Waals surface area contributed by atoms with Gasteiger partial charge in [-0.05, 0) is 63.4 Å². The van der Waals surface area contributed by atoms with Crippen LogP contribution in [0.5, 0.6) is 0 Å². The van der Waals surface area contributed by atoms with Crippen LogP contribution in [-0.2, 0) is 6.54 Å². The normalized spacial score (nSPS) is 14.0. The molecule has 0 aliphatic heterocycles. The van der Waals surface area contributed by atoms with Gasteiger partial charge >= 0.3 is 0 Å². The van der Waals surface area contributed by atoms with E-state index in [0.29, 0.717) is 28.5 Å². The third kappa shape index (κ3) is 4.60. The summed E-state index contributed by atoms with van der Waals surface area (Å²) in [6.07, 6.45) is 2.13. The Labute approximate surface area is 180 Å². The zero-order chi connectivity index (χ0) is 21.3. The lowest BCUT2D eigenvalue weighted by molar-refractivity contribution is 0.0949. The third-order valence-corrected chi connectivity index (χ3v) is 6.42. The van der Waals surface area contributed by atoms with E-state index >= 15 is 0 Å². The first-order valence-corrected chi connectivity index (χ1v) is 10.9. The van der Waals surface area contributed by atoms with Crippen molar-refractivity contribution in [3.05, 3.63) is 86.2 Å². The van der Waals surface area contributed by atoms with Gasteiger partial charge in [-0.25, -0.2) is 0 Å². The fraction of sp³-hybridized carbons (Fsp3) is 0.292. The Kier molecular flexibility index (Phi) is 5.68. The third-order valence-electron chi connectivity index (χ3n) is 5.33. The monoisotopic (exact) mass is 419 g/mol. The lowest BCUT2D eigenvalue weighted by Crippen LogP contribution is -2.25. The number of hydrogen-bond acceptors (Lipinski definition) is 3. The first-order valence-electron chi connectivity index (χ1n) is 10.1. The van der Waals surface area contributed by atoms with Crippen molar-refractivity contribution < 1.29 is 9.59 Å². The van der Waals surface area contributed by atoms with E-state index in [2.05, 4.69) is 10.3 Å². The molecule has 0 bridgehead atoms. The molecular weight excluding hydrogens is 394 g/mol. The lowest BCUT2D eigenvalue weighted by Gasteiger charge is -2.09. The summed E-state index contributed by atoms with van der Waals surface area (Å²) in [5.41, 5.74) is 4.43. The molecule has 2 amide bonds. The van der Waals surface area contributed by atoms with E-state index in [9.17, 15) is 9.59 Å². The second kappa shape index (κ2) is 8.40. The van der Waals surface area contributed by atoms with Gasteiger partial charge in [0.05, 0.1) is 6.54 Å². The Morgan fingerprint density at radius 1 is 1.07 bits per heavy atom. The lowest BCUT2D eigenvalue weighted by atomic mass is 10.1. The number of carbonyl (C=O) groups is 2. The number of nitrogens with one attached hydrogen (secondary N) is 1. The SMILES string of the molecule is Cc1ccc(C(=O)N=c2sc(C)c(C)n2Cc2cccc(C(=O)NC3CC3)c2)cc1. The van der Waals surface area contributed by atoms with Crippen LogP contribution in [0.15, 0.2) is 53.5 Å². The van der Waals surface area contributed by atoms with Crippen LogP contribution in [0.1, 0.15) is 55.3 Å². The van der Waals surface area contributed by atoms with Crippen LogP contribution in [0.4, 0.5) is 0 Å². The van der Waals surface area contributed by atoms with Gasteiger partial charge in [0.25, 0.3) is 11.8 Å². The fourth-order valence-electron chi connectivity index (χ4n) is 3.21. The predicted molar refractivity (Wildman–Crippen MR) is 119 cm³/mol. The molecule has 6 heteroatoms. The minimum atomic E-state index is -0.248. The summed E-state index contributed by atoms with van der Waals surface area (Å²) in [5, 5.41) is 3.03. The Balaban J connectivity index is 1.63. The van der Waals surface area contributed by atoms with E-state index in [-0.39, 0.29) is 11.8 Å². The van der Waals surface area contributed by atoms with Gasteiger partial charge in [-0.2, -0.15) is 4.99 Å². The highest BCUT2D eigenvalue weighted by Crippen LogP contribution is 2.20. The summed E-state index contributed by atoms with van der Waals surface area (Å²) in [4.78, 5) is 31.3. The van der Waals surface area contributed by atoms with Gasteiger partial charge in [0.2, 0.25) is 0 Å². The first kappa shape index (κ1) is 20.3. The van der Waals surface area contributed by atoms with Crippen molar-refractivity contribution >= 4 is 23.2 Å². The molecule has 0 saturated heterocycles. The van der Waals surface area contributed by atoms with Gasteiger partial charge in [-0.3, -0.25) is 9.59 Å². The number of aryl methyl sites for hydroxylation is 2. The number of rotatable bonds is 5. The summed E-state index contributed by atoms with van der Waals surface area (Å²) in [6.45, 7) is 6.61. The van der Waals surface area contributed by atoms with Crippen LogP contribution in [0.25, 0.3) is 0 Å². The van der Waals surface area contributed by atoms with E-state index in [1.54, 1.807) is 12.1 Å². The van der Waals surface area contributed by atoms with Gasteiger partial charge in [0.15, 0.2) is 4.80 Å². The Morgan fingerprint density at radius 3 is 2.50 bits per heavy atom. The molecule has 1 N–H and O–H groups in total. The summed E-state index contributed by atoms with van der Waals surface area (Å²) in [7, 11) is 0. The number of aromatic nitrogens is 1. The predicted octanol–water partition coefficient (Wildman–Crippen LogP) is 4.16. The minimum absolute atomic E-state index is 0.0259. The molecule has 0 unspecified atom stereocenters. The van der Waals surface area contributed by atoms with Gasteiger partial charge in [0.1, 0.15) is 0 Å². The zero-order valence-electron chi connectivity index (χ0n) is 17.4. The van der Waals surface area contributed by atoms with Crippen molar-refractivity contribution in [3.8, 4) is 0 Å². The number of benzene rings is 2. The molecule has 5 nitrogen and oxygen atoms in total. The summed E-state index contributed by atoms with van der Waals surface area (Å²) in [5.74, 6) is -0.274. The maximum atomic E-state index is 12.7. The van der Waals surface area contributed by atoms with E-state index in [0.717, 1.165) is 34.5 Å². The Hall–Kier alpha value is -2.99. The maximum Gasteiger partial charge on any atom is 0.279 e. The van der Waals surface area contributed by atoms with Crippen molar-refractivity contribution in [2.24, 2.45) is 4.99 Å². The molecule has 1 aliphatic carbocycles. The number of carbonyl (C=O) groups excluding carboxylic acids is 2. The second-order valence-corrected chi connectivity index (χ2v) is 9.03. The van der Waals surface area contributed by atoms with Crippen molar-refractivity contribution in [2.45, 2.75) is 46.2 Å². The summed E-state index contributed by atoms with van der Waals surface area (Å²) >= 11 is 1.51. The molecule has 0 atom stereocenters. The average molecular weight is 420 g/mol. The topological polar surface area (TPSA) is 63.5 Å². The van der Waals surface area contributed by atoms with E-state index in [1.165, 1.54) is 11.3 Å². The number of nitrogens with zero attached hydrogens (tertiary/aromatic N) is 2. The molecular formula is C24H25N3O2S. The molecule has 1 heterocycles. The van der Waals surface area contributed by atoms with Crippen molar-refractivity contribution in [1.82, 2.24) is 9.88 Å².